The van der Waals surface area contributed by atoms with Crippen molar-refractivity contribution in [2.75, 3.05) is 10.6 Å². The zero-order valence-electron chi connectivity index (χ0n) is 15.8. The van der Waals surface area contributed by atoms with Crippen molar-refractivity contribution in [1.29, 1.82) is 5.26 Å². The molecule has 1 aromatic carbocycles. The van der Waals surface area contributed by atoms with Crippen molar-refractivity contribution in [2.45, 2.75) is 25.1 Å². The summed E-state index contributed by atoms with van der Waals surface area (Å²) in [4.78, 5) is 8.02. The lowest BCUT2D eigenvalue weighted by Crippen LogP contribution is -2.10. The predicted molar refractivity (Wildman–Crippen MR) is 104 cm³/mol. The van der Waals surface area contributed by atoms with Crippen molar-refractivity contribution in [3.63, 3.8) is 0 Å². The van der Waals surface area contributed by atoms with Crippen LogP contribution in [0.2, 0.25) is 0 Å². The number of benzene rings is 1. The Bertz CT molecular complexity index is 1300. The molecule has 2 N–H and O–H groups in total. The lowest BCUT2D eigenvalue weighted by atomic mass is 10.1. The van der Waals surface area contributed by atoms with Gasteiger partial charge in [0.2, 0.25) is 0 Å². The number of hydrogen-bond acceptors (Lipinski definition) is 7. The van der Waals surface area contributed by atoms with Crippen LogP contribution in [0.1, 0.15) is 24.1 Å². The van der Waals surface area contributed by atoms with E-state index in [1.807, 2.05) is 6.07 Å². The number of nitrogens with zero attached hydrogens (tertiary/aromatic N) is 7. The average molecular weight is 425 g/mol. The molecule has 0 atom stereocenters. The number of fused-ring (bicyclic) bond motifs is 1. The third-order valence-electron chi connectivity index (χ3n) is 4.72. The van der Waals surface area contributed by atoms with E-state index in [9.17, 15) is 18.4 Å². The predicted octanol–water partition coefficient (Wildman–Crippen LogP) is 3.52. The minimum Gasteiger partial charge on any atom is -0.379 e. The molecule has 12 heteroatoms. The van der Waals surface area contributed by atoms with Gasteiger partial charge in [-0.2, -0.15) is 28.0 Å². The van der Waals surface area contributed by atoms with E-state index in [4.69, 9.17) is 0 Å². The Hall–Kier alpha value is -4.14. The molecule has 156 valence electrons. The van der Waals surface area contributed by atoms with Gasteiger partial charge in [-0.1, -0.05) is 0 Å². The fraction of sp³-hybridized carbons (Fsp3) is 0.211. The first-order chi connectivity index (χ1) is 14.9. The number of nitriles is 1. The smallest absolute Gasteiger partial charge is 0.379 e. The monoisotopic (exact) mass is 425 g/mol. The van der Waals surface area contributed by atoms with Crippen molar-refractivity contribution in [2.24, 2.45) is 0 Å². The fourth-order valence-corrected chi connectivity index (χ4v) is 3.13. The quantitative estimate of drug-likeness (QED) is 0.504. The van der Waals surface area contributed by atoms with E-state index in [0.29, 0.717) is 17.4 Å². The average Bonchev–Trinajstić information content (AvgIpc) is 3.22. The van der Waals surface area contributed by atoms with Crippen molar-refractivity contribution in [3.8, 4) is 11.8 Å². The molecule has 3 heterocycles. The van der Waals surface area contributed by atoms with Crippen LogP contribution < -0.4 is 10.6 Å². The van der Waals surface area contributed by atoms with E-state index >= 15 is 0 Å². The molecule has 0 aliphatic heterocycles. The van der Waals surface area contributed by atoms with Crippen molar-refractivity contribution in [3.05, 3.63) is 54.4 Å². The van der Waals surface area contributed by atoms with E-state index in [0.717, 1.165) is 25.0 Å². The first-order valence-corrected chi connectivity index (χ1v) is 9.30. The summed E-state index contributed by atoms with van der Waals surface area (Å²) in [6.07, 6.45) is 1.42. The molecule has 1 aliphatic carbocycles. The van der Waals surface area contributed by atoms with E-state index in [1.165, 1.54) is 34.1 Å². The van der Waals surface area contributed by atoms with Crippen LogP contribution in [0.15, 0.2) is 43.1 Å². The molecule has 1 saturated carbocycles. The second-order valence-electron chi connectivity index (χ2n) is 7.08. The summed E-state index contributed by atoms with van der Waals surface area (Å²) in [6, 6.07) is 7.45. The van der Waals surface area contributed by atoms with Gasteiger partial charge in [0, 0.05) is 17.8 Å². The van der Waals surface area contributed by atoms with Gasteiger partial charge in [-0.15, -0.1) is 5.10 Å². The Morgan fingerprint density at radius 1 is 1.16 bits per heavy atom. The third kappa shape index (κ3) is 3.73. The number of hydrogen-bond donors (Lipinski definition) is 2. The van der Waals surface area contributed by atoms with E-state index in [2.05, 4.69) is 30.8 Å². The van der Waals surface area contributed by atoms with E-state index in [1.54, 1.807) is 6.07 Å². The van der Waals surface area contributed by atoms with Crippen LogP contribution in [0.3, 0.4) is 0 Å². The second-order valence-corrected chi connectivity index (χ2v) is 7.08. The molecule has 0 amide bonds. The van der Waals surface area contributed by atoms with Crippen LogP contribution in [-0.4, -0.2) is 35.4 Å². The maximum Gasteiger partial charge on any atom is 0.416 e. The molecule has 9 nitrogen and oxygen atoms in total. The van der Waals surface area contributed by atoms with Crippen LogP contribution in [0.5, 0.6) is 0 Å². The number of nitrogens with one attached hydrogen (secondary N) is 2. The highest BCUT2D eigenvalue weighted by Gasteiger charge is 2.31. The van der Waals surface area contributed by atoms with Crippen LogP contribution in [0, 0.1) is 11.3 Å². The summed E-state index contributed by atoms with van der Waals surface area (Å²) >= 11 is 0. The number of alkyl halides is 3. The van der Waals surface area contributed by atoms with Gasteiger partial charge in [0.05, 0.1) is 23.1 Å². The Morgan fingerprint density at radius 2 is 2.00 bits per heavy atom. The van der Waals surface area contributed by atoms with Crippen molar-refractivity contribution >= 4 is 22.8 Å². The van der Waals surface area contributed by atoms with E-state index in [-0.39, 0.29) is 22.9 Å². The van der Waals surface area contributed by atoms with Crippen molar-refractivity contribution in [1.82, 2.24) is 29.4 Å². The molecule has 0 bridgehead atoms. The van der Waals surface area contributed by atoms with Crippen LogP contribution in [0.4, 0.5) is 30.4 Å². The third-order valence-corrected chi connectivity index (χ3v) is 4.72. The maximum atomic E-state index is 13.5. The Labute approximate surface area is 173 Å². The summed E-state index contributed by atoms with van der Waals surface area (Å²) in [5, 5.41) is 23.8. The molecule has 3 aromatic heterocycles. The van der Waals surface area contributed by atoms with Crippen LogP contribution in [-0.2, 0) is 6.18 Å². The lowest BCUT2D eigenvalue weighted by Gasteiger charge is -2.14. The number of imidazole rings is 1. The molecule has 5 rings (SSSR count). The molecule has 31 heavy (non-hydrogen) atoms. The van der Waals surface area contributed by atoms with Gasteiger partial charge >= 0.3 is 6.18 Å². The summed E-state index contributed by atoms with van der Waals surface area (Å²) < 4.78 is 43.0. The SMILES string of the molecule is N#Cc1cnc2c(NC3CC3)cc(Nc3cc(-n4cncn4)cc(C(F)(F)F)c3)nn12. The van der Waals surface area contributed by atoms with Gasteiger partial charge in [0.25, 0.3) is 0 Å². The van der Waals surface area contributed by atoms with E-state index < -0.39 is 11.7 Å². The molecule has 0 radical (unpaired) electrons. The molecule has 0 saturated heterocycles. The van der Waals surface area contributed by atoms with Gasteiger partial charge in [0.1, 0.15) is 18.7 Å². The summed E-state index contributed by atoms with van der Waals surface area (Å²) in [7, 11) is 0. The zero-order valence-corrected chi connectivity index (χ0v) is 15.8. The summed E-state index contributed by atoms with van der Waals surface area (Å²) in [5.41, 5.74) is 0.827. The van der Waals surface area contributed by atoms with Gasteiger partial charge < -0.3 is 10.6 Å². The largest absolute Gasteiger partial charge is 0.416 e. The molecular weight excluding hydrogens is 411 g/mol. The normalized spacial score (nSPS) is 13.9. The number of halogens is 3. The molecule has 4 aromatic rings. The summed E-state index contributed by atoms with van der Waals surface area (Å²) in [6.45, 7) is 0. The first kappa shape index (κ1) is 18.9. The van der Waals surface area contributed by atoms with Gasteiger partial charge in [-0.3, -0.25) is 0 Å². The van der Waals surface area contributed by atoms with Crippen molar-refractivity contribution < 1.29 is 13.2 Å². The van der Waals surface area contributed by atoms with Gasteiger partial charge in [-0.05, 0) is 31.0 Å². The minimum absolute atomic E-state index is 0.156. The number of rotatable bonds is 5. The number of anilines is 3. The number of aromatic nitrogens is 6. The first-order valence-electron chi connectivity index (χ1n) is 9.30. The Morgan fingerprint density at radius 3 is 2.68 bits per heavy atom. The molecular formula is C19H14F3N9. The molecule has 0 spiro atoms. The highest BCUT2D eigenvalue weighted by Crippen LogP contribution is 2.34. The highest BCUT2D eigenvalue weighted by atomic mass is 19.4. The second kappa shape index (κ2) is 6.98. The van der Waals surface area contributed by atoms with Gasteiger partial charge in [0.15, 0.2) is 17.2 Å². The standard InChI is InChI=1S/C19H14F3N9/c20-19(21,22)11-3-13(5-14(4-11)30-10-24-9-26-30)28-17-6-16(27-12-1-2-12)18-25-8-15(7-23)31(18)29-17/h3-6,8-10,12,27H,1-2H2,(H,28,29). The fourth-order valence-electron chi connectivity index (χ4n) is 3.13. The topological polar surface area (TPSA) is 109 Å². The highest BCUT2D eigenvalue weighted by molar-refractivity contribution is 5.74. The zero-order chi connectivity index (χ0) is 21.6. The summed E-state index contributed by atoms with van der Waals surface area (Å²) in [5.74, 6) is 0.258. The minimum atomic E-state index is -4.55. The lowest BCUT2D eigenvalue weighted by molar-refractivity contribution is -0.137. The molecule has 1 aliphatic rings. The maximum absolute atomic E-state index is 13.5. The van der Waals surface area contributed by atoms with Crippen LogP contribution in [0.25, 0.3) is 11.3 Å². The van der Waals surface area contributed by atoms with Crippen LogP contribution >= 0.6 is 0 Å². The Kier molecular flexibility index (Phi) is 4.25. The molecule has 1 fully saturated rings. The van der Waals surface area contributed by atoms with Gasteiger partial charge in [-0.25, -0.2) is 14.6 Å². The molecule has 0 unspecified atom stereocenters. The Balaban J connectivity index is 1.59.